The standard InChI is InChI=1S/C24H30N2O4/c1-3-29-21-13-11-20(12-14-21)26-24(28)18-7-9-19(10-8-18)25-23(27)16-30-22-6-4-5-17(2)15-22/h7-14,17,22H,3-6,15-16H2,1-2H3,(H,25,27)(H,26,28). The van der Waals surface area contributed by atoms with Crippen molar-refractivity contribution in [2.75, 3.05) is 23.8 Å². The number of benzene rings is 2. The van der Waals surface area contributed by atoms with E-state index in [4.69, 9.17) is 9.47 Å². The van der Waals surface area contributed by atoms with E-state index in [9.17, 15) is 9.59 Å². The van der Waals surface area contributed by atoms with Gasteiger partial charge in [-0.2, -0.15) is 0 Å². The molecule has 2 amide bonds. The number of amides is 2. The SMILES string of the molecule is CCOc1ccc(NC(=O)c2ccc(NC(=O)COC3CCCC(C)C3)cc2)cc1. The first kappa shape index (κ1) is 21.8. The first-order valence-corrected chi connectivity index (χ1v) is 10.6. The number of rotatable bonds is 8. The van der Waals surface area contributed by atoms with Gasteiger partial charge in [0.25, 0.3) is 5.91 Å². The second kappa shape index (κ2) is 10.8. The van der Waals surface area contributed by atoms with Gasteiger partial charge in [-0.3, -0.25) is 9.59 Å². The summed E-state index contributed by atoms with van der Waals surface area (Å²) in [5.74, 6) is 1.03. The zero-order valence-electron chi connectivity index (χ0n) is 17.6. The summed E-state index contributed by atoms with van der Waals surface area (Å²) in [4.78, 5) is 24.6. The minimum atomic E-state index is -0.216. The van der Waals surface area contributed by atoms with Gasteiger partial charge in [0.1, 0.15) is 12.4 Å². The van der Waals surface area contributed by atoms with Gasteiger partial charge in [-0.15, -0.1) is 0 Å². The number of hydrogen-bond acceptors (Lipinski definition) is 4. The zero-order valence-corrected chi connectivity index (χ0v) is 17.6. The van der Waals surface area contributed by atoms with E-state index in [0.29, 0.717) is 29.5 Å². The van der Waals surface area contributed by atoms with Gasteiger partial charge in [0.2, 0.25) is 5.91 Å². The van der Waals surface area contributed by atoms with Crippen molar-refractivity contribution in [3.8, 4) is 5.75 Å². The van der Waals surface area contributed by atoms with Crippen molar-refractivity contribution in [3.05, 3.63) is 54.1 Å². The summed E-state index contributed by atoms with van der Waals surface area (Å²) in [6.45, 7) is 4.80. The molecule has 1 fully saturated rings. The van der Waals surface area contributed by atoms with E-state index in [2.05, 4.69) is 17.6 Å². The summed E-state index contributed by atoms with van der Waals surface area (Å²) in [5, 5.41) is 5.66. The average molecular weight is 411 g/mol. The molecule has 1 saturated carbocycles. The molecule has 0 bridgehead atoms. The predicted molar refractivity (Wildman–Crippen MR) is 118 cm³/mol. The van der Waals surface area contributed by atoms with Gasteiger partial charge < -0.3 is 20.1 Å². The molecule has 0 heterocycles. The minimum Gasteiger partial charge on any atom is -0.494 e. The molecule has 2 aromatic carbocycles. The van der Waals surface area contributed by atoms with Crippen molar-refractivity contribution in [1.29, 1.82) is 0 Å². The highest BCUT2D eigenvalue weighted by Crippen LogP contribution is 2.25. The van der Waals surface area contributed by atoms with Crippen molar-refractivity contribution in [2.24, 2.45) is 5.92 Å². The van der Waals surface area contributed by atoms with E-state index in [1.54, 1.807) is 36.4 Å². The van der Waals surface area contributed by atoms with Crippen LogP contribution in [-0.4, -0.2) is 31.1 Å². The van der Waals surface area contributed by atoms with Gasteiger partial charge in [0.15, 0.2) is 0 Å². The van der Waals surface area contributed by atoms with Crippen LogP contribution in [0.5, 0.6) is 5.75 Å². The topological polar surface area (TPSA) is 76.7 Å². The molecule has 160 valence electrons. The number of hydrogen-bond donors (Lipinski definition) is 2. The molecule has 0 radical (unpaired) electrons. The molecule has 0 spiro atoms. The molecule has 2 atom stereocenters. The van der Waals surface area contributed by atoms with Gasteiger partial charge in [-0.1, -0.05) is 19.8 Å². The fourth-order valence-corrected chi connectivity index (χ4v) is 3.63. The molecule has 0 saturated heterocycles. The van der Waals surface area contributed by atoms with Gasteiger partial charge in [0.05, 0.1) is 12.7 Å². The molecule has 0 aromatic heterocycles. The molecule has 2 unspecified atom stereocenters. The molecule has 30 heavy (non-hydrogen) atoms. The van der Waals surface area contributed by atoms with Crippen LogP contribution in [0.3, 0.4) is 0 Å². The molecule has 2 aromatic rings. The van der Waals surface area contributed by atoms with Crippen LogP contribution in [0.2, 0.25) is 0 Å². The molecule has 1 aliphatic carbocycles. The summed E-state index contributed by atoms with van der Waals surface area (Å²) >= 11 is 0. The van der Waals surface area contributed by atoms with Crippen LogP contribution in [0.15, 0.2) is 48.5 Å². The van der Waals surface area contributed by atoms with Crippen LogP contribution < -0.4 is 15.4 Å². The Balaban J connectivity index is 1.46. The van der Waals surface area contributed by atoms with E-state index in [1.807, 2.05) is 19.1 Å². The van der Waals surface area contributed by atoms with Crippen molar-refractivity contribution >= 4 is 23.2 Å². The third kappa shape index (κ3) is 6.59. The van der Waals surface area contributed by atoms with Gasteiger partial charge in [-0.25, -0.2) is 0 Å². The van der Waals surface area contributed by atoms with Crippen molar-refractivity contribution in [3.63, 3.8) is 0 Å². The zero-order chi connectivity index (χ0) is 21.3. The number of carbonyl (C=O) groups excluding carboxylic acids is 2. The fourth-order valence-electron chi connectivity index (χ4n) is 3.63. The lowest BCUT2D eigenvalue weighted by atomic mass is 9.89. The third-order valence-electron chi connectivity index (χ3n) is 5.19. The van der Waals surface area contributed by atoms with E-state index in [1.165, 1.54) is 6.42 Å². The Labute approximate surface area is 178 Å². The third-order valence-corrected chi connectivity index (χ3v) is 5.19. The first-order valence-electron chi connectivity index (χ1n) is 10.6. The van der Waals surface area contributed by atoms with E-state index in [0.717, 1.165) is 25.0 Å². The second-order valence-corrected chi connectivity index (χ2v) is 7.74. The lowest BCUT2D eigenvalue weighted by Gasteiger charge is -2.26. The molecule has 1 aliphatic rings. The van der Waals surface area contributed by atoms with E-state index in [-0.39, 0.29) is 24.5 Å². The maximum absolute atomic E-state index is 12.4. The highest BCUT2D eigenvalue weighted by Gasteiger charge is 2.20. The van der Waals surface area contributed by atoms with Crippen LogP contribution in [0, 0.1) is 5.92 Å². The van der Waals surface area contributed by atoms with Crippen LogP contribution >= 0.6 is 0 Å². The average Bonchev–Trinajstić information content (AvgIpc) is 2.74. The number of carbonyl (C=O) groups is 2. The second-order valence-electron chi connectivity index (χ2n) is 7.74. The number of anilines is 2. The lowest BCUT2D eigenvalue weighted by Crippen LogP contribution is -2.27. The summed E-state index contributed by atoms with van der Waals surface area (Å²) < 4.78 is 11.1. The summed E-state index contributed by atoms with van der Waals surface area (Å²) in [5.41, 5.74) is 1.84. The van der Waals surface area contributed by atoms with Crippen molar-refractivity contribution in [1.82, 2.24) is 0 Å². The summed E-state index contributed by atoms with van der Waals surface area (Å²) in [6.07, 6.45) is 4.62. The predicted octanol–water partition coefficient (Wildman–Crippen LogP) is 4.87. The minimum absolute atomic E-state index is 0.0529. The smallest absolute Gasteiger partial charge is 0.255 e. The maximum atomic E-state index is 12.4. The Morgan fingerprint density at radius 1 is 0.967 bits per heavy atom. The highest BCUT2D eigenvalue weighted by molar-refractivity contribution is 6.04. The fraction of sp³-hybridized carbons (Fsp3) is 0.417. The molecular formula is C24H30N2O4. The number of ether oxygens (including phenoxy) is 2. The molecule has 2 N–H and O–H groups in total. The largest absolute Gasteiger partial charge is 0.494 e. The van der Waals surface area contributed by atoms with Crippen LogP contribution in [0.1, 0.15) is 49.9 Å². The molecule has 3 rings (SSSR count). The molecule has 6 nitrogen and oxygen atoms in total. The van der Waals surface area contributed by atoms with Gasteiger partial charge >= 0.3 is 0 Å². The molecule has 0 aliphatic heterocycles. The van der Waals surface area contributed by atoms with Gasteiger partial charge in [0, 0.05) is 16.9 Å². The Hall–Kier alpha value is -2.86. The Morgan fingerprint density at radius 3 is 2.30 bits per heavy atom. The molecule has 6 heteroatoms. The quantitative estimate of drug-likeness (QED) is 0.651. The van der Waals surface area contributed by atoms with Crippen LogP contribution in [0.25, 0.3) is 0 Å². The lowest BCUT2D eigenvalue weighted by molar-refractivity contribution is -0.123. The Bertz CT molecular complexity index is 833. The van der Waals surface area contributed by atoms with Crippen molar-refractivity contribution in [2.45, 2.75) is 45.6 Å². The maximum Gasteiger partial charge on any atom is 0.255 e. The van der Waals surface area contributed by atoms with Crippen LogP contribution in [-0.2, 0) is 9.53 Å². The Morgan fingerprint density at radius 2 is 1.63 bits per heavy atom. The summed E-state index contributed by atoms with van der Waals surface area (Å²) in [6, 6.07) is 14.0. The van der Waals surface area contributed by atoms with Gasteiger partial charge in [-0.05, 0) is 74.2 Å². The summed E-state index contributed by atoms with van der Waals surface area (Å²) in [7, 11) is 0. The normalized spacial score (nSPS) is 18.5. The van der Waals surface area contributed by atoms with E-state index >= 15 is 0 Å². The monoisotopic (exact) mass is 410 g/mol. The highest BCUT2D eigenvalue weighted by atomic mass is 16.5. The molecular weight excluding hydrogens is 380 g/mol. The first-order chi connectivity index (χ1) is 14.5. The van der Waals surface area contributed by atoms with Crippen molar-refractivity contribution < 1.29 is 19.1 Å². The van der Waals surface area contributed by atoms with Crippen LogP contribution in [0.4, 0.5) is 11.4 Å². The van der Waals surface area contributed by atoms with E-state index < -0.39 is 0 Å². The Kier molecular flexibility index (Phi) is 7.85. The number of nitrogens with one attached hydrogen (secondary N) is 2.